The summed E-state index contributed by atoms with van der Waals surface area (Å²) in [7, 11) is -2.49. The second-order valence-corrected chi connectivity index (χ2v) is 8.53. The van der Waals surface area contributed by atoms with Crippen molar-refractivity contribution in [3.05, 3.63) is 46.8 Å². The van der Waals surface area contributed by atoms with Crippen molar-refractivity contribution in [1.29, 1.82) is 0 Å². The van der Waals surface area contributed by atoms with Crippen LogP contribution < -0.4 is 10.6 Å². The number of sulfonamides is 1. The van der Waals surface area contributed by atoms with Crippen LogP contribution >= 0.6 is 11.3 Å². The van der Waals surface area contributed by atoms with Crippen LogP contribution in [0.1, 0.15) is 34.6 Å². The van der Waals surface area contributed by atoms with Gasteiger partial charge in [-0.1, -0.05) is 13.8 Å². The van der Waals surface area contributed by atoms with E-state index >= 15 is 0 Å². The van der Waals surface area contributed by atoms with Crippen LogP contribution in [0.4, 0.5) is 9.80 Å². The van der Waals surface area contributed by atoms with Gasteiger partial charge in [0.25, 0.3) is 11.8 Å². The molecule has 2 aromatic rings. The van der Waals surface area contributed by atoms with Crippen LogP contribution in [-0.2, 0) is 14.8 Å². The minimum absolute atomic E-state index is 0.0898. The SMILES string of the molecule is CCN(CC)S(=O)(=O)c1ccc(C(=O)Nc2sccc2C(=O)NC(=O)OC)cc1. The molecule has 0 aliphatic heterocycles. The molecule has 1 heterocycles. The lowest BCUT2D eigenvalue weighted by atomic mass is 10.2. The average molecular weight is 440 g/mol. The lowest BCUT2D eigenvalue weighted by molar-refractivity contribution is 0.0938. The van der Waals surface area contributed by atoms with Gasteiger partial charge in [-0.2, -0.15) is 4.31 Å². The molecule has 3 amide bonds. The van der Waals surface area contributed by atoms with E-state index in [-0.39, 0.29) is 21.0 Å². The fourth-order valence-electron chi connectivity index (χ4n) is 2.46. The number of thiophene rings is 1. The smallest absolute Gasteiger partial charge is 0.413 e. The van der Waals surface area contributed by atoms with Gasteiger partial charge in [0.15, 0.2) is 0 Å². The Hall–Kier alpha value is -2.76. The number of amides is 3. The molecule has 1 aromatic carbocycles. The van der Waals surface area contributed by atoms with Crippen LogP contribution in [0.15, 0.2) is 40.6 Å². The summed E-state index contributed by atoms with van der Waals surface area (Å²) in [5.41, 5.74) is 0.325. The zero-order valence-corrected chi connectivity index (χ0v) is 17.7. The first-order chi connectivity index (χ1) is 13.7. The summed E-state index contributed by atoms with van der Waals surface area (Å²) in [6, 6.07) is 6.98. The highest BCUT2D eigenvalue weighted by molar-refractivity contribution is 7.89. The molecule has 0 saturated heterocycles. The molecule has 11 heteroatoms. The lowest BCUT2D eigenvalue weighted by Crippen LogP contribution is -2.30. The highest BCUT2D eigenvalue weighted by atomic mass is 32.2. The number of alkyl carbamates (subject to hydrolysis) is 1. The number of ether oxygens (including phenoxy) is 1. The Morgan fingerprint density at radius 2 is 1.66 bits per heavy atom. The van der Waals surface area contributed by atoms with Gasteiger partial charge >= 0.3 is 6.09 Å². The van der Waals surface area contributed by atoms with E-state index in [2.05, 4.69) is 10.1 Å². The third kappa shape index (κ3) is 5.19. The molecule has 0 spiro atoms. The van der Waals surface area contributed by atoms with E-state index in [0.717, 1.165) is 18.4 Å². The van der Waals surface area contributed by atoms with E-state index in [9.17, 15) is 22.8 Å². The van der Waals surface area contributed by atoms with Gasteiger partial charge < -0.3 is 10.1 Å². The summed E-state index contributed by atoms with van der Waals surface area (Å²) in [6.07, 6.45) is -0.913. The number of hydrogen-bond acceptors (Lipinski definition) is 7. The predicted molar refractivity (Wildman–Crippen MR) is 109 cm³/mol. The number of nitrogens with one attached hydrogen (secondary N) is 2. The average Bonchev–Trinajstić information content (AvgIpc) is 3.16. The van der Waals surface area contributed by atoms with Crippen LogP contribution in [0.25, 0.3) is 0 Å². The Bertz CT molecular complexity index is 995. The topological polar surface area (TPSA) is 122 Å². The van der Waals surface area contributed by atoms with E-state index in [0.29, 0.717) is 13.1 Å². The Labute approximate surface area is 172 Å². The first-order valence-electron chi connectivity index (χ1n) is 8.62. The molecule has 0 bridgehead atoms. The zero-order chi connectivity index (χ0) is 21.6. The maximum atomic E-state index is 12.5. The maximum absolute atomic E-state index is 12.5. The summed E-state index contributed by atoms with van der Waals surface area (Å²) >= 11 is 1.11. The number of carbonyl (C=O) groups excluding carboxylic acids is 3. The van der Waals surface area contributed by atoms with E-state index in [1.807, 2.05) is 5.32 Å². The van der Waals surface area contributed by atoms with Crippen molar-refractivity contribution in [3.8, 4) is 0 Å². The first-order valence-corrected chi connectivity index (χ1v) is 10.9. The predicted octanol–water partition coefficient (Wildman–Crippen LogP) is 2.53. The van der Waals surface area contributed by atoms with Gasteiger partial charge in [0.2, 0.25) is 10.0 Å². The molecular weight excluding hydrogens is 418 g/mol. The lowest BCUT2D eigenvalue weighted by Gasteiger charge is -2.18. The summed E-state index contributed by atoms with van der Waals surface area (Å²) < 4.78 is 30.7. The molecule has 0 fully saturated rings. The molecular formula is C18H21N3O6S2. The number of benzene rings is 1. The minimum atomic E-state index is -3.62. The number of rotatable bonds is 7. The fraction of sp³-hybridized carbons (Fsp3) is 0.278. The highest BCUT2D eigenvalue weighted by Gasteiger charge is 2.22. The van der Waals surface area contributed by atoms with Crippen molar-refractivity contribution in [2.75, 3.05) is 25.5 Å². The summed E-state index contributed by atoms with van der Waals surface area (Å²) in [6.45, 7) is 4.18. The summed E-state index contributed by atoms with van der Waals surface area (Å²) in [5.74, 6) is -1.24. The first kappa shape index (κ1) is 22.5. The van der Waals surface area contributed by atoms with Crippen LogP contribution in [0.2, 0.25) is 0 Å². The Kier molecular flexibility index (Phi) is 7.48. The quantitative estimate of drug-likeness (QED) is 0.684. The minimum Gasteiger partial charge on any atom is -0.453 e. The van der Waals surface area contributed by atoms with Crippen LogP contribution in [-0.4, -0.2) is 50.8 Å². The Balaban J connectivity index is 2.16. The summed E-state index contributed by atoms with van der Waals surface area (Å²) in [4.78, 5) is 35.8. The number of imide groups is 1. The van der Waals surface area contributed by atoms with Gasteiger partial charge in [0, 0.05) is 18.7 Å². The van der Waals surface area contributed by atoms with E-state index in [1.54, 1.807) is 19.2 Å². The highest BCUT2D eigenvalue weighted by Crippen LogP contribution is 2.24. The maximum Gasteiger partial charge on any atom is 0.413 e. The van der Waals surface area contributed by atoms with Crippen molar-refractivity contribution in [1.82, 2.24) is 9.62 Å². The monoisotopic (exact) mass is 439 g/mol. The molecule has 2 N–H and O–H groups in total. The van der Waals surface area contributed by atoms with Gasteiger partial charge in [-0.15, -0.1) is 11.3 Å². The second kappa shape index (κ2) is 9.63. The fourth-order valence-corrected chi connectivity index (χ4v) is 4.70. The van der Waals surface area contributed by atoms with Gasteiger partial charge in [0.05, 0.1) is 17.6 Å². The van der Waals surface area contributed by atoms with Gasteiger partial charge in [-0.25, -0.2) is 13.2 Å². The number of nitrogens with zero attached hydrogens (tertiary/aromatic N) is 1. The number of anilines is 1. The number of hydrogen-bond donors (Lipinski definition) is 2. The van der Waals surface area contributed by atoms with Crippen LogP contribution in [0.5, 0.6) is 0 Å². The van der Waals surface area contributed by atoms with E-state index in [4.69, 9.17) is 0 Å². The Morgan fingerprint density at radius 1 is 1.03 bits per heavy atom. The normalized spacial score (nSPS) is 11.2. The molecule has 9 nitrogen and oxygen atoms in total. The molecule has 2 rings (SSSR count). The molecule has 0 atom stereocenters. The molecule has 0 unspecified atom stereocenters. The van der Waals surface area contributed by atoms with Gasteiger partial charge in [-0.3, -0.25) is 14.9 Å². The largest absolute Gasteiger partial charge is 0.453 e. The third-order valence-corrected chi connectivity index (χ3v) is 6.89. The molecule has 0 aliphatic carbocycles. The summed E-state index contributed by atoms with van der Waals surface area (Å²) in [5, 5.41) is 6.44. The van der Waals surface area contributed by atoms with E-state index in [1.165, 1.54) is 34.6 Å². The molecule has 156 valence electrons. The van der Waals surface area contributed by atoms with Crippen molar-refractivity contribution < 1.29 is 27.5 Å². The zero-order valence-electron chi connectivity index (χ0n) is 16.1. The third-order valence-electron chi connectivity index (χ3n) is 4.00. The molecule has 0 saturated carbocycles. The Morgan fingerprint density at radius 3 is 2.21 bits per heavy atom. The van der Waals surface area contributed by atoms with Crippen LogP contribution in [0.3, 0.4) is 0 Å². The molecule has 1 aromatic heterocycles. The van der Waals surface area contributed by atoms with Crippen molar-refractivity contribution in [2.45, 2.75) is 18.7 Å². The molecule has 29 heavy (non-hydrogen) atoms. The molecule has 0 aliphatic rings. The van der Waals surface area contributed by atoms with Crippen LogP contribution in [0, 0.1) is 0 Å². The number of methoxy groups -OCH3 is 1. The molecule has 0 radical (unpaired) electrons. The van der Waals surface area contributed by atoms with Gasteiger partial charge in [-0.05, 0) is 35.7 Å². The van der Waals surface area contributed by atoms with Gasteiger partial charge in [0.1, 0.15) is 5.00 Å². The van der Waals surface area contributed by atoms with E-state index < -0.39 is 27.9 Å². The number of carbonyl (C=O) groups is 3. The van der Waals surface area contributed by atoms with Crippen molar-refractivity contribution in [2.24, 2.45) is 0 Å². The standard InChI is InChI=1S/C18H21N3O6S2/c1-4-21(5-2)29(25,26)13-8-6-12(7-9-13)15(22)19-17-14(10-11-28-17)16(23)20-18(24)27-3/h6-11H,4-5H2,1-3H3,(H,19,22)(H,20,23,24). The van der Waals surface area contributed by atoms with Crippen molar-refractivity contribution in [3.63, 3.8) is 0 Å². The van der Waals surface area contributed by atoms with Crippen molar-refractivity contribution >= 4 is 44.3 Å². The second-order valence-electron chi connectivity index (χ2n) is 5.68.